The molecular formula is C27H23N3O5. The van der Waals surface area contributed by atoms with Crippen LogP contribution >= 0.6 is 0 Å². The van der Waals surface area contributed by atoms with Gasteiger partial charge in [-0.2, -0.15) is 9.78 Å². The molecule has 176 valence electrons. The van der Waals surface area contributed by atoms with Crippen LogP contribution in [0.2, 0.25) is 0 Å². The van der Waals surface area contributed by atoms with Crippen LogP contribution in [0, 0.1) is 0 Å². The lowest BCUT2D eigenvalue weighted by atomic mass is 10.2. The summed E-state index contributed by atoms with van der Waals surface area (Å²) < 4.78 is 23.9. The summed E-state index contributed by atoms with van der Waals surface area (Å²) in [4.78, 5) is 18.1. The molecule has 0 atom stereocenters. The van der Waals surface area contributed by atoms with Gasteiger partial charge in [0.25, 0.3) is 5.56 Å². The zero-order valence-corrected chi connectivity index (χ0v) is 19.5. The van der Waals surface area contributed by atoms with Gasteiger partial charge in [-0.3, -0.25) is 4.79 Å². The van der Waals surface area contributed by atoms with Crippen LogP contribution in [0.3, 0.4) is 0 Å². The second-order valence-corrected chi connectivity index (χ2v) is 7.65. The van der Waals surface area contributed by atoms with E-state index in [4.69, 9.17) is 23.6 Å². The molecular weight excluding hydrogens is 446 g/mol. The topological polar surface area (TPSA) is 88.1 Å². The first-order valence-corrected chi connectivity index (χ1v) is 11.1. The molecule has 0 saturated carbocycles. The van der Waals surface area contributed by atoms with Crippen molar-refractivity contribution in [1.82, 2.24) is 9.66 Å². The third-order valence-corrected chi connectivity index (χ3v) is 5.49. The fraction of sp³-hybridized carbons (Fsp3) is 0.148. The third kappa shape index (κ3) is 4.10. The Balaban J connectivity index is 1.68. The minimum Gasteiger partial charge on any atom is -0.493 e. The lowest BCUT2D eigenvalue weighted by Crippen LogP contribution is -2.20. The number of methoxy groups -OCH3 is 2. The van der Waals surface area contributed by atoms with Gasteiger partial charge < -0.3 is 18.6 Å². The van der Waals surface area contributed by atoms with E-state index in [9.17, 15) is 4.79 Å². The SMILES string of the molecule is CCOc1c(OC)cc(C=Nn2c(-c3cc4ccccc4o3)nc3ccccc3c2=O)cc1OC. The summed E-state index contributed by atoms with van der Waals surface area (Å²) in [6, 6.07) is 20.1. The molecule has 0 bridgehead atoms. The van der Waals surface area contributed by atoms with Gasteiger partial charge in [-0.1, -0.05) is 30.3 Å². The van der Waals surface area contributed by atoms with E-state index < -0.39 is 0 Å². The number of nitrogens with zero attached hydrogens (tertiary/aromatic N) is 3. The fourth-order valence-corrected chi connectivity index (χ4v) is 3.87. The molecule has 2 heterocycles. The lowest BCUT2D eigenvalue weighted by Gasteiger charge is -2.14. The standard InChI is InChI=1S/C27H23N3O5/c1-4-34-25-22(32-2)13-17(14-23(25)33-3)16-28-30-26(24-15-18-9-5-8-12-21(18)35-24)29-20-11-7-6-10-19(20)27(30)31/h5-16H,4H2,1-3H3. The van der Waals surface area contributed by atoms with Gasteiger partial charge >= 0.3 is 0 Å². The van der Waals surface area contributed by atoms with Gasteiger partial charge in [0, 0.05) is 10.9 Å². The molecule has 8 heteroatoms. The number of benzene rings is 3. The van der Waals surface area contributed by atoms with E-state index in [1.807, 2.05) is 43.3 Å². The highest BCUT2D eigenvalue weighted by Gasteiger charge is 2.17. The molecule has 5 rings (SSSR count). The first-order valence-electron chi connectivity index (χ1n) is 11.1. The van der Waals surface area contributed by atoms with Crippen LogP contribution in [0.1, 0.15) is 12.5 Å². The molecule has 0 radical (unpaired) electrons. The van der Waals surface area contributed by atoms with Crippen LogP contribution in [0.4, 0.5) is 0 Å². The number of ether oxygens (including phenoxy) is 3. The molecule has 0 N–H and O–H groups in total. The Kier molecular flexibility index (Phi) is 5.93. The van der Waals surface area contributed by atoms with Gasteiger partial charge in [0.2, 0.25) is 11.6 Å². The van der Waals surface area contributed by atoms with Crippen molar-refractivity contribution in [3.8, 4) is 28.8 Å². The average Bonchev–Trinajstić information content (AvgIpc) is 3.33. The number of furan rings is 1. The number of hydrogen-bond donors (Lipinski definition) is 0. The van der Waals surface area contributed by atoms with Crippen molar-refractivity contribution in [1.29, 1.82) is 0 Å². The smallest absolute Gasteiger partial charge is 0.282 e. The highest BCUT2D eigenvalue weighted by atomic mass is 16.5. The Labute approximate surface area is 201 Å². The van der Waals surface area contributed by atoms with Gasteiger partial charge in [-0.05, 0) is 43.3 Å². The highest BCUT2D eigenvalue weighted by molar-refractivity contribution is 5.85. The van der Waals surface area contributed by atoms with E-state index in [0.29, 0.717) is 57.5 Å². The van der Waals surface area contributed by atoms with Gasteiger partial charge in [0.05, 0.1) is 37.9 Å². The first-order chi connectivity index (χ1) is 17.1. The molecule has 0 amide bonds. The van der Waals surface area contributed by atoms with Gasteiger partial charge in [-0.25, -0.2) is 4.98 Å². The Morgan fingerprint density at radius 1 is 1.00 bits per heavy atom. The zero-order chi connectivity index (χ0) is 24.4. The molecule has 3 aromatic carbocycles. The summed E-state index contributed by atoms with van der Waals surface area (Å²) in [5.41, 5.74) is 1.59. The van der Waals surface area contributed by atoms with Gasteiger partial charge in [-0.15, -0.1) is 0 Å². The maximum absolute atomic E-state index is 13.4. The number of aromatic nitrogens is 2. The van der Waals surface area contributed by atoms with E-state index in [2.05, 4.69) is 5.10 Å². The molecule has 0 aliphatic carbocycles. The van der Waals surface area contributed by atoms with Crippen molar-refractivity contribution in [3.63, 3.8) is 0 Å². The number of rotatable bonds is 7. The molecule has 0 spiro atoms. The Bertz CT molecular complexity index is 1560. The van der Waals surface area contributed by atoms with E-state index >= 15 is 0 Å². The molecule has 0 unspecified atom stereocenters. The minimum absolute atomic E-state index is 0.297. The summed E-state index contributed by atoms with van der Waals surface area (Å²) in [6.45, 7) is 2.34. The van der Waals surface area contributed by atoms with Crippen LogP contribution in [0.15, 0.2) is 81.0 Å². The van der Waals surface area contributed by atoms with Crippen molar-refractivity contribution in [2.24, 2.45) is 5.10 Å². The van der Waals surface area contributed by atoms with Crippen LogP contribution in [-0.2, 0) is 0 Å². The van der Waals surface area contributed by atoms with E-state index in [1.54, 1.807) is 50.8 Å². The quantitative estimate of drug-likeness (QED) is 0.308. The van der Waals surface area contributed by atoms with Crippen LogP contribution < -0.4 is 19.8 Å². The largest absolute Gasteiger partial charge is 0.493 e. The average molecular weight is 469 g/mol. The fourth-order valence-electron chi connectivity index (χ4n) is 3.87. The molecule has 2 aromatic heterocycles. The van der Waals surface area contributed by atoms with Crippen LogP contribution in [0.5, 0.6) is 17.2 Å². The van der Waals surface area contributed by atoms with Crippen molar-refractivity contribution >= 4 is 28.1 Å². The Morgan fingerprint density at radius 3 is 2.43 bits per heavy atom. The summed E-state index contributed by atoms with van der Waals surface area (Å²) in [6.07, 6.45) is 1.55. The third-order valence-electron chi connectivity index (χ3n) is 5.49. The summed E-state index contributed by atoms with van der Waals surface area (Å²) in [5, 5.41) is 5.86. The monoisotopic (exact) mass is 469 g/mol. The second kappa shape index (κ2) is 9.34. The van der Waals surface area contributed by atoms with Crippen molar-refractivity contribution in [3.05, 3.63) is 82.6 Å². The van der Waals surface area contributed by atoms with Crippen LogP contribution in [-0.4, -0.2) is 36.7 Å². The zero-order valence-electron chi connectivity index (χ0n) is 19.5. The molecule has 8 nitrogen and oxygen atoms in total. The Morgan fingerprint density at radius 2 is 1.71 bits per heavy atom. The summed E-state index contributed by atoms with van der Waals surface area (Å²) >= 11 is 0. The maximum atomic E-state index is 13.4. The summed E-state index contributed by atoms with van der Waals surface area (Å²) in [5.74, 6) is 2.23. The van der Waals surface area contributed by atoms with Crippen molar-refractivity contribution < 1.29 is 18.6 Å². The number of fused-ring (bicyclic) bond motifs is 2. The Hall–Kier alpha value is -4.59. The van der Waals surface area contributed by atoms with Crippen LogP contribution in [0.25, 0.3) is 33.5 Å². The lowest BCUT2D eigenvalue weighted by molar-refractivity contribution is 0.288. The van der Waals surface area contributed by atoms with E-state index in [-0.39, 0.29) is 5.56 Å². The van der Waals surface area contributed by atoms with E-state index in [0.717, 1.165) is 5.39 Å². The van der Waals surface area contributed by atoms with Crippen molar-refractivity contribution in [2.75, 3.05) is 20.8 Å². The molecule has 0 aliphatic rings. The van der Waals surface area contributed by atoms with Crippen molar-refractivity contribution in [2.45, 2.75) is 6.92 Å². The number of para-hydroxylation sites is 2. The second-order valence-electron chi connectivity index (χ2n) is 7.65. The van der Waals surface area contributed by atoms with Gasteiger partial charge in [0.15, 0.2) is 17.3 Å². The molecule has 0 fully saturated rings. The summed E-state index contributed by atoms with van der Waals surface area (Å²) in [7, 11) is 3.10. The predicted octanol–water partition coefficient (Wildman–Crippen LogP) is 5.11. The minimum atomic E-state index is -0.313. The predicted molar refractivity (Wildman–Crippen MR) is 135 cm³/mol. The first kappa shape index (κ1) is 22.2. The van der Waals surface area contributed by atoms with Gasteiger partial charge in [0.1, 0.15) is 5.58 Å². The number of hydrogen-bond acceptors (Lipinski definition) is 7. The normalized spacial score (nSPS) is 11.4. The molecule has 35 heavy (non-hydrogen) atoms. The van der Waals surface area contributed by atoms with E-state index in [1.165, 1.54) is 4.68 Å². The molecule has 0 aliphatic heterocycles. The maximum Gasteiger partial charge on any atom is 0.282 e. The highest BCUT2D eigenvalue weighted by Crippen LogP contribution is 2.38. The molecule has 0 saturated heterocycles. The molecule has 5 aromatic rings.